The zero-order valence-corrected chi connectivity index (χ0v) is 11.2. The monoisotopic (exact) mass is 229 g/mol. The predicted octanol–water partition coefficient (Wildman–Crippen LogP) is 0.247. The highest BCUT2D eigenvalue weighted by Gasteiger charge is 2.29. The number of nitrogens with zero attached hydrogens (tertiary/aromatic N) is 2. The average Bonchev–Trinajstić information content (AvgIpc) is 2.28. The van der Waals surface area contributed by atoms with Gasteiger partial charge in [-0.1, -0.05) is 6.92 Å². The second-order valence-electron chi connectivity index (χ2n) is 4.83. The lowest BCUT2D eigenvalue weighted by atomic mass is 10.0. The van der Waals surface area contributed by atoms with E-state index >= 15 is 0 Å². The third-order valence-corrected chi connectivity index (χ3v) is 3.37. The number of ether oxygens (including phenoxy) is 1. The summed E-state index contributed by atoms with van der Waals surface area (Å²) in [7, 11) is 6.20. The summed E-state index contributed by atoms with van der Waals surface area (Å²) in [4.78, 5) is 4.85. The molecule has 2 unspecified atom stereocenters. The number of piperazine rings is 1. The molecule has 0 aromatic carbocycles. The third kappa shape index (κ3) is 4.01. The van der Waals surface area contributed by atoms with E-state index in [0.717, 1.165) is 26.2 Å². The van der Waals surface area contributed by atoms with E-state index in [2.05, 4.69) is 36.1 Å². The SMILES string of the molecule is CCCNC(COC)C1CN(C)CCN1C. The van der Waals surface area contributed by atoms with Gasteiger partial charge in [0.2, 0.25) is 0 Å². The van der Waals surface area contributed by atoms with Crippen molar-refractivity contribution in [1.82, 2.24) is 15.1 Å². The zero-order valence-electron chi connectivity index (χ0n) is 11.2. The van der Waals surface area contributed by atoms with Crippen molar-refractivity contribution < 1.29 is 4.74 Å². The maximum atomic E-state index is 5.33. The molecule has 2 atom stereocenters. The molecule has 4 nitrogen and oxygen atoms in total. The Kier molecular flexibility index (Phi) is 6.28. The highest BCUT2D eigenvalue weighted by molar-refractivity contribution is 4.88. The van der Waals surface area contributed by atoms with Gasteiger partial charge in [-0.25, -0.2) is 0 Å². The second-order valence-corrected chi connectivity index (χ2v) is 4.83. The minimum absolute atomic E-state index is 0.442. The van der Waals surface area contributed by atoms with E-state index in [1.807, 2.05) is 0 Å². The van der Waals surface area contributed by atoms with E-state index in [-0.39, 0.29) is 0 Å². The fraction of sp³-hybridized carbons (Fsp3) is 1.00. The first-order chi connectivity index (χ1) is 7.69. The summed E-state index contributed by atoms with van der Waals surface area (Å²) in [6, 6.07) is 1.00. The van der Waals surface area contributed by atoms with Gasteiger partial charge in [0.15, 0.2) is 0 Å². The number of rotatable bonds is 6. The van der Waals surface area contributed by atoms with Crippen molar-refractivity contribution >= 4 is 0 Å². The predicted molar refractivity (Wildman–Crippen MR) is 67.9 cm³/mol. The summed E-state index contributed by atoms with van der Waals surface area (Å²) in [6.07, 6.45) is 1.17. The van der Waals surface area contributed by atoms with Crippen LogP contribution >= 0.6 is 0 Å². The van der Waals surface area contributed by atoms with Gasteiger partial charge in [0.25, 0.3) is 0 Å². The van der Waals surface area contributed by atoms with E-state index in [1.54, 1.807) is 7.11 Å². The van der Waals surface area contributed by atoms with Crippen molar-refractivity contribution in [3.8, 4) is 0 Å². The molecule has 0 bridgehead atoms. The smallest absolute Gasteiger partial charge is 0.0631 e. The molecule has 1 heterocycles. The van der Waals surface area contributed by atoms with Crippen LogP contribution in [0.15, 0.2) is 0 Å². The highest BCUT2D eigenvalue weighted by atomic mass is 16.5. The summed E-state index contributed by atoms with van der Waals surface area (Å²) in [5.41, 5.74) is 0. The van der Waals surface area contributed by atoms with Crippen LogP contribution in [0.1, 0.15) is 13.3 Å². The van der Waals surface area contributed by atoms with Crippen molar-refractivity contribution in [2.75, 3.05) is 54.0 Å². The molecule has 0 aromatic heterocycles. The summed E-state index contributed by atoms with van der Waals surface area (Å²) in [6.45, 7) is 7.51. The van der Waals surface area contributed by atoms with Crippen LogP contribution in [-0.4, -0.2) is 75.9 Å². The lowest BCUT2D eigenvalue weighted by molar-refractivity contribution is 0.0551. The largest absolute Gasteiger partial charge is 0.383 e. The Hall–Kier alpha value is -0.160. The molecule has 0 radical (unpaired) electrons. The molecule has 0 aromatic rings. The average molecular weight is 229 g/mol. The van der Waals surface area contributed by atoms with Gasteiger partial charge in [-0.3, -0.25) is 4.90 Å². The van der Waals surface area contributed by atoms with Gasteiger partial charge < -0.3 is 15.0 Å². The van der Waals surface area contributed by atoms with Crippen LogP contribution in [0, 0.1) is 0 Å². The van der Waals surface area contributed by atoms with Crippen LogP contribution in [0.5, 0.6) is 0 Å². The number of methoxy groups -OCH3 is 1. The van der Waals surface area contributed by atoms with E-state index in [0.29, 0.717) is 12.1 Å². The van der Waals surface area contributed by atoms with Crippen LogP contribution in [-0.2, 0) is 4.74 Å². The molecule has 1 aliphatic rings. The number of likely N-dealkylation sites (N-methyl/N-ethyl adjacent to an activating group) is 2. The van der Waals surface area contributed by atoms with Crippen LogP contribution in [0.2, 0.25) is 0 Å². The Morgan fingerprint density at radius 2 is 2.12 bits per heavy atom. The lowest BCUT2D eigenvalue weighted by Crippen LogP contribution is -2.60. The van der Waals surface area contributed by atoms with Gasteiger partial charge in [0, 0.05) is 38.8 Å². The summed E-state index contributed by atoms with van der Waals surface area (Å²) < 4.78 is 5.33. The molecular formula is C12H27N3O. The maximum Gasteiger partial charge on any atom is 0.0631 e. The topological polar surface area (TPSA) is 27.7 Å². The normalized spacial score (nSPS) is 25.9. The number of hydrogen-bond donors (Lipinski definition) is 1. The van der Waals surface area contributed by atoms with Gasteiger partial charge in [-0.2, -0.15) is 0 Å². The van der Waals surface area contributed by atoms with E-state index in [9.17, 15) is 0 Å². The molecule has 0 spiro atoms. The first-order valence-electron chi connectivity index (χ1n) is 6.30. The molecule has 1 rings (SSSR count). The van der Waals surface area contributed by atoms with Gasteiger partial charge in [-0.15, -0.1) is 0 Å². The van der Waals surface area contributed by atoms with Crippen molar-refractivity contribution in [2.24, 2.45) is 0 Å². The standard InChI is InChI=1S/C12H27N3O/c1-5-6-13-11(10-16-4)12-9-14(2)7-8-15(12)3/h11-13H,5-10H2,1-4H3. The lowest BCUT2D eigenvalue weighted by Gasteiger charge is -2.42. The molecule has 96 valence electrons. The van der Waals surface area contributed by atoms with Crippen molar-refractivity contribution in [1.29, 1.82) is 0 Å². The molecule has 1 N–H and O–H groups in total. The maximum absolute atomic E-state index is 5.33. The Morgan fingerprint density at radius 3 is 2.75 bits per heavy atom. The Bertz CT molecular complexity index is 189. The Balaban J connectivity index is 2.52. The first kappa shape index (κ1) is 13.9. The fourth-order valence-corrected chi connectivity index (χ4v) is 2.29. The summed E-state index contributed by atoms with van der Waals surface area (Å²) in [5, 5.41) is 3.60. The van der Waals surface area contributed by atoms with E-state index < -0.39 is 0 Å². The Morgan fingerprint density at radius 1 is 1.38 bits per heavy atom. The number of nitrogens with one attached hydrogen (secondary N) is 1. The summed E-state index contributed by atoms with van der Waals surface area (Å²) in [5.74, 6) is 0. The van der Waals surface area contributed by atoms with Crippen LogP contribution in [0.3, 0.4) is 0 Å². The Labute approximate surface area is 99.9 Å². The molecular weight excluding hydrogens is 202 g/mol. The molecule has 0 aliphatic carbocycles. The molecule has 1 saturated heterocycles. The quantitative estimate of drug-likeness (QED) is 0.706. The fourth-order valence-electron chi connectivity index (χ4n) is 2.29. The van der Waals surface area contributed by atoms with Crippen molar-refractivity contribution in [3.05, 3.63) is 0 Å². The van der Waals surface area contributed by atoms with E-state index in [4.69, 9.17) is 4.74 Å². The minimum Gasteiger partial charge on any atom is -0.383 e. The van der Waals surface area contributed by atoms with Crippen molar-refractivity contribution in [3.63, 3.8) is 0 Å². The summed E-state index contributed by atoms with van der Waals surface area (Å²) >= 11 is 0. The minimum atomic E-state index is 0.442. The third-order valence-electron chi connectivity index (χ3n) is 3.37. The molecule has 1 fully saturated rings. The second kappa shape index (κ2) is 7.22. The zero-order chi connectivity index (χ0) is 12.0. The highest BCUT2D eigenvalue weighted by Crippen LogP contribution is 2.10. The van der Waals surface area contributed by atoms with E-state index in [1.165, 1.54) is 13.0 Å². The molecule has 0 amide bonds. The number of hydrogen-bond acceptors (Lipinski definition) is 4. The van der Waals surface area contributed by atoms with Gasteiger partial charge in [-0.05, 0) is 27.1 Å². The first-order valence-corrected chi connectivity index (χ1v) is 6.30. The van der Waals surface area contributed by atoms with Crippen LogP contribution < -0.4 is 5.32 Å². The van der Waals surface area contributed by atoms with Crippen LogP contribution in [0.25, 0.3) is 0 Å². The van der Waals surface area contributed by atoms with Gasteiger partial charge >= 0.3 is 0 Å². The van der Waals surface area contributed by atoms with Crippen molar-refractivity contribution in [2.45, 2.75) is 25.4 Å². The van der Waals surface area contributed by atoms with Crippen LogP contribution in [0.4, 0.5) is 0 Å². The molecule has 16 heavy (non-hydrogen) atoms. The molecule has 1 aliphatic heterocycles. The van der Waals surface area contributed by atoms with Gasteiger partial charge in [0.1, 0.15) is 0 Å². The van der Waals surface area contributed by atoms with Gasteiger partial charge in [0.05, 0.1) is 6.61 Å². The molecule has 0 saturated carbocycles. The molecule has 4 heteroatoms.